The van der Waals surface area contributed by atoms with Gasteiger partial charge in [-0.25, -0.2) is 13.1 Å². The molecule has 0 radical (unpaired) electrons. The lowest BCUT2D eigenvalue weighted by Gasteiger charge is -2.33. The fraction of sp³-hybridized carbons (Fsp3) is 0.556. The summed E-state index contributed by atoms with van der Waals surface area (Å²) in [6.45, 7) is 5.92. The molecular formula is C18H28N2O2S. The number of hydrogen-bond donors (Lipinski definition) is 1. The fourth-order valence-electron chi connectivity index (χ4n) is 3.21. The number of benzene rings is 1. The molecule has 0 saturated carbocycles. The number of piperidine rings is 1. The number of nitrogens with one attached hydrogen (secondary N) is 1. The average molecular weight is 337 g/mol. The zero-order valence-electron chi connectivity index (χ0n) is 14.2. The van der Waals surface area contributed by atoms with E-state index in [4.69, 9.17) is 0 Å². The first-order chi connectivity index (χ1) is 10.9. The van der Waals surface area contributed by atoms with Crippen molar-refractivity contribution in [3.8, 4) is 0 Å². The third-order valence-corrected chi connectivity index (χ3v) is 4.93. The van der Waals surface area contributed by atoms with E-state index in [1.807, 2.05) is 6.07 Å². The average Bonchev–Trinajstić information content (AvgIpc) is 2.47. The number of sulfonamides is 1. The second-order valence-electron chi connectivity index (χ2n) is 6.60. The van der Waals surface area contributed by atoms with Crippen LogP contribution in [0.5, 0.6) is 0 Å². The quantitative estimate of drug-likeness (QED) is 0.833. The van der Waals surface area contributed by atoms with E-state index in [-0.39, 0.29) is 0 Å². The Kier molecular flexibility index (Phi) is 6.81. The van der Waals surface area contributed by atoms with Crippen LogP contribution < -0.4 is 4.72 Å². The minimum atomic E-state index is -3.06. The first kappa shape index (κ1) is 18.2. The fourth-order valence-corrected chi connectivity index (χ4v) is 3.70. The van der Waals surface area contributed by atoms with Crippen LogP contribution in [-0.4, -0.2) is 45.8 Å². The molecule has 4 nitrogen and oxygen atoms in total. The molecule has 5 heteroatoms. The van der Waals surface area contributed by atoms with Gasteiger partial charge in [-0.2, -0.15) is 0 Å². The van der Waals surface area contributed by atoms with Crippen molar-refractivity contribution in [2.24, 2.45) is 5.92 Å². The summed E-state index contributed by atoms with van der Waals surface area (Å²) in [6.07, 6.45) is 6.78. The molecule has 0 spiro atoms. The van der Waals surface area contributed by atoms with Crippen molar-refractivity contribution in [3.05, 3.63) is 41.5 Å². The molecule has 2 rings (SSSR count). The molecule has 1 heterocycles. The van der Waals surface area contributed by atoms with Gasteiger partial charge in [0.15, 0.2) is 0 Å². The number of rotatable bonds is 7. The van der Waals surface area contributed by atoms with Crippen LogP contribution in [0, 0.1) is 5.92 Å². The molecule has 23 heavy (non-hydrogen) atoms. The molecule has 128 valence electrons. The lowest BCUT2D eigenvalue weighted by molar-refractivity contribution is 0.182. The van der Waals surface area contributed by atoms with Gasteiger partial charge in [0.2, 0.25) is 10.0 Å². The molecule has 1 aromatic carbocycles. The highest BCUT2D eigenvalue weighted by Crippen LogP contribution is 2.20. The van der Waals surface area contributed by atoms with Gasteiger partial charge in [0.05, 0.1) is 6.26 Å². The minimum Gasteiger partial charge on any atom is -0.299 e. The van der Waals surface area contributed by atoms with Crippen molar-refractivity contribution in [2.45, 2.75) is 26.2 Å². The van der Waals surface area contributed by atoms with Gasteiger partial charge in [0.25, 0.3) is 0 Å². The molecule has 1 aromatic rings. The van der Waals surface area contributed by atoms with Gasteiger partial charge < -0.3 is 0 Å². The summed E-state index contributed by atoms with van der Waals surface area (Å²) in [4.78, 5) is 2.49. The Balaban J connectivity index is 1.80. The lowest BCUT2D eigenvalue weighted by atomic mass is 9.94. The van der Waals surface area contributed by atoms with Gasteiger partial charge in [0.1, 0.15) is 0 Å². The van der Waals surface area contributed by atoms with Crippen molar-refractivity contribution in [3.63, 3.8) is 0 Å². The third-order valence-electron chi connectivity index (χ3n) is 4.21. The maximum absolute atomic E-state index is 11.1. The molecule has 1 aliphatic rings. The number of likely N-dealkylation sites (tertiary alicyclic amines) is 1. The van der Waals surface area contributed by atoms with Crippen LogP contribution in [0.25, 0.3) is 6.08 Å². The van der Waals surface area contributed by atoms with Gasteiger partial charge in [-0.15, -0.1) is 0 Å². The smallest absolute Gasteiger partial charge is 0.208 e. The second kappa shape index (κ2) is 8.62. The number of hydrogen-bond acceptors (Lipinski definition) is 3. The highest BCUT2D eigenvalue weighted by Gasteiger charge is 2.19. The Morgan fingerprint density at radius 1 is 1.35 bits per heavy atom. The van der Waals surface area contributed by atoms with E-state index in [1.165, 1.54) is 30.2 Å². The molecular weight excluding hydrogens is 308 g/mol. The van der Waals surface area contributed by atoms with E-state index >= 15 is 0 Å². The van der Waals surface area contributed by atoms with Crippen molar-refractivity contribution in [1.29, 1.82) is 0 Å². The van der Waals surface area contributed by atoms with Gasteiger partial charge in [0, 0.05) is 19.6 Å². The third kappa shape index (κ3) is 7.29. The van der Waals surface area contributed by atoms with E-state index in [0.717, 1.165) is 26.1 Å². The van der Waals surface area contributed by atoms with Gasteiger partial charge in [-0.05, 0) is 44.2 Å². The van der Waals surface area contributed by atoms with E-state index in [1.54, 1.807) is 0 Å². The summed E-state index contributed by atoms with van der Waals surface area (Å²) in [5.41, 5.74) is 2.61. The summed E-state index contributed by atoms with van der Waals surface area (Å²) in [6, 6.07) is 10.4. The van der Waals surface area contributed by atoms with Gasteiger partial charge in [-0.3, -0.25) is 4.90 Å². The standard InChI is InChI=1S/C18H28N2O2S/c1-16(13-17-7-4-3-5-8-17)14-20-12-6-9-18(15-20)10-11-19-23(2,21)22/h3-5,7-8,13,18-19H,6,9-12,14-15H2,1-2H3/b16-13+/t18-/m1/s1. The van der Waals surface area contributed by atoms with Crippen molar-refractivity contribution < 1.29 is 8.42 Å². The maximum atomic E-state index is 11.1. The molecule has 1 fully saturated rings. The Bertz CT molecular complexity index is 611. The van der Waals surface area contributed by atoms with Gasteiger partial charge in [-0.1, -0.05) is 42.0 Å². The van der Waals surface area contributed by atoms with E-state index in [0.29, 0.717) is 12.5 Å². The zero-order valence-corrected chi connectivity index (χ0v) is 15.0. The second-order valence-corrected chi connectivity index (χ2v) is 8.43. The molecule has 1 saturated heterocycles. The molecule has 0 bridgehead atoms. The summed E-state index contributed by atoms with van der Waals surface area (Å²) < 4.78 is 24.9. The Morgan fingerprint density at radius 2 is 2.09 bits per heavy atom. The van der Waals surface area contributed by atoms with E-state index < -0.39 is 10.0 Å². The highest BCUT2D eigenvalue weighted by atomic mass is 32.2. The maximum Gasteiger partial charge on any atom is 0.208 e. The molecule has 0 aromatic heterocycles. The molecule has 0 amide bonds. The lowest BCUT2D eigenvalue weighted by Crippen LogP contribution is -2.37. The SMILES string of the molecule is C/C(=C\c1ccccc1)CN1CCC[C@H](CCNS(C)(=O)=O)C1. The molecule has 1 aliphatic heterocycles. The summed E-state index contributed by atoms with van der Waals surface area (Å²) in [7, 11) is -3.06. The minimum absolute atomic E-state index is 0.552. The Morgan fingerprint density at radius 3 is 2.78 bits per heavy atom. The normalized spacial score (nSPS) is 20.6. The van der Waals surface area contributed by atoms with Crippen LogP contribution in [0.1, 0.15) is 31.7 Å². The predicted molar refractivity (Wildman–Crippen MR) is 96.7 cm³/mol. The van der Waals surface area contributed by atoms with Crippen LogP contribution in [-0.2, 0) is 10.0 Å². The first-order valence-electron chi connectivity index (χ1n) is 8.31. The zero-order chi connectivity index (χ0) is 16.7. The first-order valence-corrected chi connectivity index (χ1v) is 10.2. The van der Waals surface area contributed by atoms with E-state index in [2.05, 4.69) is 46.9 Å². The molecule has 1 atom stereocenters. The van der Waals surface area contributed by atoms with Crippen molar-refractivity contribution in [2.75, 3.05) is 32.4 Å². The number of nitrogens with zero attached hydrogens (tertiary/aromatic N) is 1. The van der Waals surface area contributed by atoms with Crippen molar-refractivity contribution >= 4 is 16.1 Å². The summed E-state index contributed by atoms with van der Waals surface area (Å²) in [5.74, 6) is 0.586. The van der Waals surface area contributed by atoms with E-state index in [9.17, 15) is 8.42 Å². The van der Waals surface area contributed by atoms with Crippen molar-refractivity contribution in [1.82, 2.24) is 9.62 Å². The molecule has 0 unspecified atom stereocenters. The van der Waals surface area contributed by atoms with Gasteiger partial charge >= 0.3 is 0 Å². The molecule has 1 N–H and O–H groups in total. The topological polar surface area (TPSA) is 49.4 Å². The van der Waals surface area contributed by atoms with Crippen LogP contribution in [0.2, 0.25) is 0 Å². The summed E-state index contributed by atoms with van der Waals surface area (Å²) in [5, 5.41) is 0. The van der Waals surface area contributed by atoms with Crippen LogP contribution in [0.3, 0.4) is 0 Å². The monoisotopic (exact) mass is 336 g/mol. The Hall–Kier alpha value is -1.17. The highest BCUT2D eigenvalue weighted by molar-refractivity contribution is 7.88. The van der Waals surface area contributed by atoms with Crippen LogP contribution in [0.15, 0.2) is 35.9 Å². The summed E-state index contributed by atoms with van der Waals surface area (Å²) >= 11 is 0. The van der Waals surface area contributed by atoms with Crippen LogP contribution >= 0.6 is 0 Å². The molecule has 0 aliphatic carbocycles. The predicted octanol–water partition coefficient (Wildman–Crippen LogP) is 2.74. The Labute approximate surface area is 140 Å². The van der Waals surface area contributed by atoms with Crippen LogP contribution in [0.4, 0.5) is 0 Å². The largest absolute Gasteiger partial charge is 0.299 e.